The zero-order chi connectivity index (χ0) is 15.2. The van der Waals surface area contributed by atoms with Gasteiger partial charge in [-0.05, 0) is 31.2 Å². The SMILES string of the molecule is C/C(=N/O)c1cccc(OCc2ccc(C#N)cc2Cl)c1. The maximum absolute atomic E-state index is 8.80. The molecule has 0 radical (unpaired) electrons. The second kappa shape index (κ2) is 6.78. The van der Waals surface area contributed by atoms with Crippen molar-refractivity contribution < 1.29 is 9.94 Å². The minimum absolute atomic E-state index is 0.295. The first-order valence-corrected chi connectivity index (χ1v) is 6.62. The first kappa shape index (κ1) is 14.9. The van der Waals surface area contributed by atoms with Crippen LogP contribution in [0.3, 0.4) is 0 Å². The summed E-state index contributed by atoms with van der Waals surface area (Å²) in [5.41, 5.74) is 2.60. The van der Waals surface area contributed by atoms with Crippen molar-refractivity contribution in [3.63, 3.8) is 0 Å². The summed E-state index contributed by atoms with van der Waals surface area (Å²) < 4.78 is 5.68. The van der Waals surface area contributed by atoms with E-state index in [1.807, 2.05) is 24.3 Å². The Morgan fingerprint density at radius 1 is 1.33 bits per heavy atom. The molecular weight excluding hydrogens is 288 g/mol. The van der Waals surface area contributed by atoms with Gasteiger partial charge in [0.05, 0.1) is 17.3 Å². The van der Waals surface area contributed by atoms with Gasteiger partial charge in [0.1, 0.15) is 12.4 Å². The molecule has 0 saturated heterocycles. The van der Waals surface area contributed by atoms with E-state index >= 15 is 0 Å². The monoisotopic (exact) mass is 300 g/mol. The highest BCUT2D eigenvalue weighted by molar-refractivity contribution is 6.31. The third-order valence-corrected chi connectivity index (χ3v) is 3.33. The van der Waals surface area contributed by atoms with Crippen LogP contribution in [0.5, 0.6) is 5.75 Å². The minimum atomic E-state index is 0.295. The number of nitriles is 1. The maximum atomic E-state index is 8.80. The van der Waals surface area contributed by atoms with Crippen LogP contribution in [0.4, 0.5) is 0 Å². The molecule has 0 saturated carbocycles. The van der Waals surface area contributed by atoms with Crippen LogP contribution in [-0.4, -0.2) is 10.9 Å². The second-order valence-corrected chi connectivity index (χ2v) is 4.83. The molecule has 0 spiro atoms. The number of rotatable bonds is 4. The summed E-state index contributed by atoms with van der Waals surface area (Å²) in [5, 5.41) is 21.2. The van der Waals surface area contributed by atoms with Crippen LogP contribution in [-0.2, 0) is 6.61 Å². The van der Waals surface area contributed by atoms with E-state index in [-0.39, 0.29) is 0 Å². The van der Waals surface area contributed by atoms with Crippen molar-refractivity contribution in [1.29, 1.82) is 5.26 Å². The lowest BCUT2D eigenvalue weighted by atomic mass is 10.1. The Labute approximate surface area is 127 Å². The van der Waals surface area contributed by atoms with Crippen molar-refractivity contribution in [3.8, 4) is 11.8 Å². The van der Waals surface area contributed by atoms with Crippen molar-refractivity contribution in [2.75, 3.05) is 0 Å². The second-order valence-electron chi connectivity index (χ2n) is 4.42. The normalized spacial score (nSPS) is 11.0. The molecule has 0 amide bonds. The fourth-order valence-electron chi connectivity index (χ4n) is 1.76. The molecule has 106 valence electrons. The van der Waals surface area contributed by atoms with E-state index in [0.717, 1.165) is 11.1 Å². The average molecular weight is 301 g/mol. The van der Waals surface area contributed by atoms with Crippen molar-refractivity contribution in [1.82, 2.24) is 0 Å². The summed E-state index contributed by atoms with van der Waals surface area (Å²) in [4.78, 5) is 0. The predicted molar refractivity (Wildman–Crippen MR) is 80.9 cm³/mol. The summed E-state index contributed by atoms with van der Waals surface area (Å²) >= 11 is 6.10. The summed E-state index contributed by atoms with van der Waals surface area (Å²) in [6.07, 6.45) is 0. The largest absolute Gasteiger partial charge is 0.489 e. The number of hydrogen-bond acceptors (Lipinski definition) is 4. The van der Waals surface area contributed by atoms with Crippen molar-refractivity contribution in [3.05, 3.63) is 64.2 Å². The highest BCUT2D eigenvalue weighted by atomic mass is 35.5. The van der Waals surface area contributed by atoms with Gasteiger partial charge in [-0.2, -0.15) is 5.26 Å². The Kier molecular flexibility index (Phi) is 4.81. The summed E-state index contributed by atoms with van der Waals surface area (Å²) in [5.74, 6) is 0.649. The van der Waals surface area contributed by atoms with Gasteiger partial charge in [-0.1, -0.05) is 35.0 Å². The third-order valence-electron chi connectivity index (χ3n) is 2.98. The van der Waals surface area contributed by atoms with Gasteiger partial charge in [0.15, 0.2) is 0 Å². The lowest BCUT2D eigenvalue weighted by Gasteiger charge is -2.09. The summed E-state index contributed by atoms with van der Waals surface area (Å²) in [7, 11) is 0. The highest BCUT2D eigenvalue weighted by Crippen LogP contribution is 2.21. The van der Waals surface area contributed by atoms with Gasteiger partial charge in [-0.25, -0.2) is 0 Å². The predicted octanol–water partition coefficient (Wildman–Crippen LogP) is 3.99. The molecule has 2 aromatic carbocycles. The van der Waals surface area contributed by atoms with Gasteiger partial charge in [-0.3, -0.25) is 0 Å². The molecule has 0 heterocycles. The summed E-state index contributed by atoms with van der Waals surface area (Å²) in [6, 6.07) is 14.4. The quantitative estimate of drug-likeness (QED) is 0.527. The Morgan fingerprint density at radius 3 is 2.81 bits per heavy atom. The Bertz CT molecular complexity index is 720. The number of hydrogen-bond donors (Lipinski definition) is 1. The Morgan fingerprint density at radius 2 is 2.14 bits per heavy atom. The Hall–Kier alpha value is -2.51. The van der Waals surface area contributed by atoms with Gasteiger partial charge >= 0.3 is 0 Å². The highest BCUT2D eigenvalue weighted by Gasteiger charge is 2.05. The van der Waals surface area contributed by atoms with Gasteiger partial charge < -0.3 is 9.94 Å². The van der Waals surface area contributed by atoms with E-state index in [1.54, 1.807) is 31.2 Å². The molecule has 0 aliphatic rings. The van der Waals surface area contributed by atoms with E-state index in [1.165, 1.54) is 0 Å². The summed E-state index contributed by atoms with van der Waals surface area (Å²) in [6.45, 7) is 2.00. The molecule has 0 aliphatic carbocycles. The van der Waals surface area contributed by atoms with Crippen LogP contribution < -0.4 is 4.74 Å². The van der Waals surface area contributed by atoms with Crippen LogP contribution in [0.1, 0.15) is 23.6 Å². The molecule has 4 nitrogen and oxygen atoms in total. The van der Waals surface area contributed by atoms with Crippen LogP contribution >= 0.6 is 11.6 Å². The lowest BCUT2D eigenvalue weighted by Crippen LogP contribution is -1.99. The maximum Gasteiger partial charge on any atom is 0.120 e. The van der Waals surface area contributed by atoms with Crippen LogP contribution in [0.2, 0.25) is 5.02 Å². The van der Waals surface area contributed by atoms with E-state index in [9.17, 15) is 0 Å². The van der Waals surface area contributed by atoms with Crippen molar-refractivity contribution in [2.24, 2.45) is 5.16 Å². The number of oxime groups is 1. The molecule has 0 aliphatic heterocycles. The zero-order valence-electron chi connectivity index (χ0n) is 11.4. The molecule has 21 heavy (non-hydrogen) atoms. The topological polar surface area (TPSA) is 65.6 Å². The molecule has 1 N–H and O–H groups in total. The van der Waals surface area contributed by atoms with E-state index in [4.69, 9.17) is 26.8 Å². The Balaban J connectivity index is 2.12. The molecule has 0 aromatic heterocycles. The van der Waals surface area contributed by atoms with Crippen molar-refractivity contribution in [2.45, 2.75) is 13.5 Å². The lowest BCUT2D eigenvalue weighted by molar-refractivity contribution is 0.306. The first-order valence-electron chi connectivity index (χ1n) is 6.24. The first-order chi connectivity index (χ1) is 10.1. The van der Waals surface area contributed by atoms with Crippen molar-refractivity contribution >= 4 is 17.3 Å². The molecule has 2 aromatic rings. The fraction of sp³-hybridized carbons (Fsp3) is 0.125. The molecule has 0 atom stereocenters. The molecule has 0 bridgehead atoms. The molecule has 2 rings (SSSR count). The van der Waals surface area contributed by atoms with E-state index < -0.39 is 0 Å². The standard InChI is InChI=1S/C16H13ClN2O2/c1-11(19-20)13-3-2-4-15(8-13)21-10-14-6-5-12(9-18)7-16(14)17/h2-8,20H,10H2,1H3/b19-11-. The van der Waals surface area contributed by atoms with Gasteiger partial charge in [0.2, 0.25) is 0 Å². The zero-order valence-corrected chi connectivity index (χ0v) is 12.1. The molecule has 0 unspecified atom stereocenters. The number of benzene rings is 2. The molecular formula is C16H13ClN2O2. The number of halogens is 1. The minimum Gasteiger partial charge on any atom is -0.489 e. The fourth-order valence-corrected chi connectivity index (χ4v) is 2.00. The van der Waals surface area contributed by atoms with Crippen LogP contribution in [0.15, 0.2) is 47.6 Å². The number of nitrogens with zero attached hydrogens (tertiary/aromatic N) is 2. The van der Waals surface area contributed by atoms with E-state index in [2.05, 4.69) is 5.16 Å². The van der Waals surface area contributed by atoms with Crippen LogP contribution in [0.25, 0.3) is 0 Å². The average Bonchev–Trinajstić information content (AvgIpc) is 2.53. The molecule has 0 fully saturated rings. The smallest absolute Gasteiger partial charge is 0.120 e. The number of ether oxygens (including phenoxy) is 1. The van der Waals surface area contributed by atoms with Gasteiger partial charge in [0.25, 0.3) is 0 Å². The van der Waals surface area contributed by atoms with Crippen LogP contribution in [0, 0.1) is 11.3 Å². The third kappa shape index (κ3) is 3.74. The molecule has 5 heteroatoms. The van der Waals surface area contributed by atoms with E-state index in [0.29, 0.717) is 28.7 Å². The van der Waals surface area contributed by atoms with Gasteiger partial charge in [-0.15, -0.1) is 0 Å². The van der Waals surface area contributed by atoms with Gasteiger partial charge in [0, 0.05) is 16.1 Å².